The summed E-state index contributed by atoms with van der Waals surface area (Å²) in [7, 11) is 0. The molecule has 0 aromatic rings. The summed E-state index contributed by atoms with van der Waals surface area (Å²) in [4.78, 5) is 11.4. The van der Waals surface area contributed by atoms with E-state index in [1.54, 1.807) is 0 Å². The summed E-state index contributed by atoms with van der Waals surface area (Å²) in [5.74, 6) is -0.647. The predicted octanol–water partition coefficient (Wildman–Crippen LogP) is 3.58. The normalized spacial score (nSPS) is 19.2. The van der Waals surface area contributed by atoms with Gasteiger partial charge in [-0.25, -0.2) is 0 Å². The van der Waals surface area contributed by atoms with Gasteiger partial charge in [0.1, 0.15) is 0 Å². The van der Waals surface area contributed by atoms with Gasteiger partial charge >= 0.3 is 5.97 Å². The van der Waals surface area contributed by atoms with E-state index in [-0.39, 0.29) is 0 Å². The molecule has 1 rings (SSSR count). The van der Waals surface area contributed by atoms with E-state index in [0.29, 0.717) is 25.4 Å². The lowest BCUT2D eigenvalue weighted by Crippen LogP contribution is -2.44. The molecule has 0 aliphatic heterocycles. The molecule has 1 aliphatic carbocycles. The molecule has 1 saturated carbocycles. The highest BCUT2D eigenvalue weighted by Crippen LogP contribution is 2.27. The summed E-state index contributed by atoms with van der Waals surface area (Å²) in [5, 5.41) is 12.9. The van der Waals surface area contributed by atoms with Crippen LogP contribution in [-0.4, -0.2) is 23.7 Å². The Labute approximate surface area is 111 Å². The molecule has 0 aromatic heterocycles. The maximum atomic E-state index is 11.4. The second-order valence-corrected chi connectivity index (χ2v) is 5.72. The lowest BCUT2D eigenvalue weighted by molar-refractivity contribution is -0.149. The van der Waals surface area contributed by atoms with Crippen molar-refractivity contribution in [2.75, 3.05) is 6.54 Å². The van der Waals surface area contributed by atoms with Gasteiger partial charge in [0.05, 0.1) is 5.41 Å². The molecular formula is C15H29NO2. The van der Waals surface area contributed by atoms with Gasteiger partial charge in [0.2, 0.25) is 0 Å². The third kappa shape index (κ3) is 4.27. The highest BCUT2D eigenvalue weighted by Gasteiger charge is 2.34. The van der Waals surface area contributed by atoms with Gasteiger partial charge in [-0.1, -0.05) is 46.0 Å². The quantitative estimate of drug-likeness (QED) is 0.762. The van der Waals surface area contributed by atoms with Crippen molar-refractivity contribution in [3.63, 3.8) is 0 Å². The zero-order valence-corrected chi connectivity index (χ0v) is 12.0. The van der Waals surface area contributed by atoms with Gasteiger partial charge in [-0.2, -0.15) is 0 Å². The second-order valence-electron chi connectivity index (χ2n) is 5.72. The van der Waals surface area contributed by atoms with E-state index < -0.39 is 11.4 Å². The van der Waals surface area contributed by atoms with Crippen LogP contribution in [0.1, 0.15) is 71.6 Å². The van der Waals surface area contributed by atoms with Gasteiger partial charge in [0.15, 0.2) is 0 Å². The fourth-order valence-corrected chi connectivity index (χ4v) is 2.88. The molecule has 3 nitrogen and oxygen atoms in total. The van der Waals surface area contributed by atoms with Crippen molar-refractivity contribution < 1.29 is 9.90 Å². The van der Waals surface area contributed by atoms with Crippen LogP contribution in [0.3, 0.4) is 0 Å². The molecule has 2 N–H and O–H groups in total. The minimum Gasteiger partial charge on any atom is -0.481 e. The standard InChI is InChI=1S/C15H29NO2/c1-3-15(4-2,14(17)18)12-16-13-10-8-6-5-7-9-11-13/h13,16H,3-12H2,1-2H3,(H,17,18). The van der Waals surface area contributed by atoms with Crippen LogP contribution in [0.25, 0.3) is 0 Å². The average Bonchev–Trinajstić information content (AvgIpc) is 2.32. The molecule has 0 unspecified atom stereocenters. The van der Waals surface area contributed by atoms with Crippen LogP contribution in [0.5, 0.6) is 0 Å². The fraction of sp³-hybridized carbons (Fsp3) is 0.933. The fourth-order valence-electron chi connectivity index (χ4n) is 2.88. The highest BCUT2D eigenvalue weighted by atomic mass is 16.4. The lowest BCUT2D eigenvalue weighted by Gasteiger charge is -2.30. The number of aliphatic carboxylic acids is 1. The Morgan fingerprint density at radius 1 is 1.11 bits per heavy atom. The third-order valence-electron chi connectivity index (χ3n) is 4.64. The summed E-state index contributed by atoms with van der Waals surface area (Å²) in [6.07, 6.45) is 10.5. The topological polar surface area (TPSA) is 49.3 Å². The van der Waals surface area contributed by atoms with Crippen molar-refractivity contribution >= 4 is 5.97 Å². The Morgan fingerprint density at radius 3 is 2.06 bits per heavy atom. The van der Waals surface area contributed by atoms with Crippen molar-refractivity contribution in [1.82, 2.24) is 5.32 Å². The Bertz CT molecular complexity index is 241. The Kier molecular flexibility index (Phi) is 6.69. The molecule has 3 heteroatoms. The van der Waals surface area contributed by atoms with Crippen LogP contribution in [-0.2, 0) is 4.79 Å². The van der Waals surface area contributed by atoms with E-state index in [0.717, 1.165) is 0 Å². The number of hydrogen-bond acceptors (Lipinski definition) is 2. The minimum atomic E-state index is -0.647. The number of hydrogen-bond donors (Lipinski definition) is 2. The SMILES string of the molecule is CCC(CC)(CNC1CCCCCCC1)C(=O)O. The summed E-state index contributed by atoms with van der Waals surface area (Å²) < 4.78 is 0. The van der Waals surface area contributed by atoms with E-state index in [4.69, 9.17) is 0 Å². The molecule has 1 fully saturated rings. The monoisotopic (exact) mass is 255 g/mol. The smallest absolute Gasteiger partial charge is 0.310 e. The predicted molar refractivity (Wildman–Crippen MR) is 74.8 cm³/mol. The van der Waals surface area contributed by atoms with Gasteiger partial charge < -0.3 is 10.4 Å². The number of carboxylic acid groups (broad SMARTS) is 1. The van der Waals surface area contributed by atoms with E-state index in [2.05, 4.69) is 5.32 Å². The second kappa shape index (κ2) is 7.78. The summed E-state index contributed by atoms with van der Waals surface area (Å²) in [5.41, 5.74) is -0.567. The molecule has 0 heterocycles. The number of carbonyl (C=O) groups is 1. The largest absolute Gasteiger partial charge is 0.481 e. The van der Waals surface area contributed by atoms with Crippen LogP contribution in [0.2, 0.25) is 0 Å². The van der Waals surface area contributed by atoms with E-state index in [9.17, 15) is 9.90 Å². The Morgan fingerprint density at radius 2 is 1.61 bits per heavy atom. The molecule has 0 aromatic carbocycles. The van der Waals surface area contributed by atoms with Crippen LogP contribution in [0.15, 0.2) is 0 Å². The van der Waals surface area contributed by atoms with Crippen LogP contribution >= 0.6 is 0 Å². The van der Waals surface area contributed by atoms with Crippen LogP contribution < -0.4 is 5.32 Å². The van der Waals surface area contributed by atoms with Crippen molar-refractivity contribution in [2.45, 2.75) is 77.7 Å². The summed E-state index contributed by atoms with van der Waals surface area (Å²) in [6, 6.07) is 0.530. The zero-order chi connectivity index (χ0) is 13.4. The molecule has 0 bridgehead atoms. The average molecular weight is 255 g/mol. The zero-order valence-electron chi connectivity index (χ0n) is 12.0. The molecule has 0 atom stereocenters. The number of nitrogens with one attached hydrogen (secondary N) is 1. The number of carboxylic acids is 1. The third-order valence-corrected chi connectivity index (χ3v) is 4.64. The van der Waals surface area contributed by atoms with Gasteiger partial charge in [-0.15, -0.1) is 0 Å². The van der Waals surface area contributed by atoms with Crippen molar-refractivity contribution in [1.29, 1.82) is 0 Å². The van der Waals surface area contributed by atoms with E-state index in [1.807, 2.05) is 13.8 Å². The van der Waals surface area contributed by atoms with Crippen LogP contribution in [0.4, 0.5) is 0 Å². The minimum absolute atomic E-state index is 0.530. The molecule has 0 spiro atoms. The van der Waals surface area contributed by atoms with E-state index >= 15 is 0 Å². The van der Waals surface area contributed by atoms with Gasteiger partial charge in [-0.05, 0) is 25.7 Å². The Balaban J connectivity index is 2.47. The maximum absolute atomic E-state index is 11.4. The first-order valence-electron chi connectivity index (χ1n) is 7.61. The van der Waals surface area contributed by atoms with Gasteiger partial charge in [0, 0.05) is 12.6 Å². The number of rotatable bonds is 6. The van der Waals surface area contributed by atoms with Crippen LogP contribution in [0, 0.1) is 5.41 Å². The summed E-state index contributed by atoms with van der Waals surface area (Å²) >= 11 is 0. The molecule has 0 amide bonds. The van der Waals surface area contributed by atoms with Gasteiger partial charge in [0.25, 0.3) is 0 Å². The summed E-state index contributed by atoms with van der Waals surface area (Å²) in [6.45, 7) is 4.59. The van der Waals surface area contributed by atoms with Gasteiger partial charge in [-0.3, -0.25) is 4.79 Å². The first-order valence-corrected chi connectivity index (χ1v) is 7.61. The molecule has 1 aliphatic rings. The molecule has 18 heavy (non-hydrogen) atoms. The first kappa shape index (κ1) is 15.5. The van der Waals surface area contributed by atoms with Crippen molar-refractivity contribution in [3.8, 4) is 0 Å². The molecular weight excluding hydrogens is 226 g/mol. The molecule has 106 valence electrons. The lowest BCUT2D eigenvalue weighted by atomic mass is 9.82. The van der Waals surface area contributed by atoms with Crippen molar-refractivity contribution in [3.05, 3.63) is 0 Å². The molecule has 0 radical (unpaired) electrons. The van der Waals surface area contributed by atoms with E-state index in [1.165, 1.54) is 44.9 Å². The molecule has 0 saturated heterocycles. The van der Waals surface area contributed by atoms with Crippen molar-refractivity contribution in [2.24, 2.45) is 5.41 Å². The highest BCUT2D eigenvalue weighted by molar-refractivity contribution is 5.74. The maximum Gasteiger partial charge on any atom is 0.310 e. The first-order chi connectivity index (χ1) is 8.64. The Hall–Kier alpha value is -0.570.